The van der Waals surface area contributed by atoms with E-state index in [4.69, 9.17) is 4.74 Å². The van der Waals surface area contributed by atoms with E-state index in [-0.39, 0.29) is 6.61 Å². The number of imidazole rings is 1. The molecule has 0 saturated carbocycles. The van der Waals surface area contributed by atoms with Crippen LogP contribution >= 0.6 is 0 Å². The molecule has 0 fully saturated rings. The van der Waals surface area contributed by atoms with Gasteiger partial charge in [-0.2, -0.15) is 0 Å². The van der Waals surface area contributed by atoms with Crippen molar-refractivity contribution >= 4 is 12.2 Å². The van der Waals surface area contributed by atoms with Crippen LogP contribution in [-0.2, 0) is 16.1 Å². The Labute approximate surface area is 132 Å². The quantitative estimate of drug-likeness (QED) is 0.577. The number of hydrogen-bond acceptors (Lipinski definition) is 5. The minimum Gasteiger partial charge on any atom is -0.456 e. The van der Waals surface area contributed by atoms with Gasteiger partial charge in [0, 0.05) is 17.8 Å². The van der Waals surface area contributed by atoms with Crippen molar-refractivity contribution in [2.45, 2.75) is 13.5 Å². The van der Waals surface area contributed by atoms with Crippen LogP contribution in [0.25, 0.3) is 17.6 Å². The lowest BCUT2D eigenvalue weighted by atomic mass is 10.1. The second-order valence-electron chi connectivity index (χ2n) is 4.92. The van der Waals surface area contributed by atoms with E-state index in [1.54, 1.807) is 6.20 Å². The number of rotatable bonds is 5. The molecular formula is C16H15N5O2. The molecule has 0 aliphatic rings. The van der Waals surface area contributed by atoms with Gasteiger partial charge in [0.1, 0.15) is 12.9 Å². The maximum absolute atomic E-state index is 11.6. The van der Waals surface area contributed by atoms with E-state index in [0.717, 1.165) is 16.8 Å². The minimum atomic E-state index is -0.466. The van der Waals surface area contributed by atoms with Gasteiger partial charge in [-0.3, -0.25) is 0 Å². The summed E-state index contributed by atoms with van der Waals surface area (Å²) in [4.78, 5) is 22.6. The molecule has 0 saturated heterocycles. The molecule has 3 aromatic rings. The van der Waals surface area contributed by atoms with E-state index < -0.39 is 5.97 Å². The van der Waals surface area contributed by atoms with E-state index in [1.165, 1.54) is 29.6 Å². The predicted molar refractivity (Wildman–Crippen MR) is 83.9 cm³/mol. The standard InChI is InChI=1S/C16H15N5O2/c1-12-3-2-4-13(7-12)16-19-11-21(20-16)6-5-15(22)23-9-14-8-17-10-18-14/h2-8,10-11H,9H2,1H3,(H,17,18)/b6-5-. The van der Waals surface area contributed by atoms with Crippen LogP contribution in [0.5, 0.6) is 0 Å². The SMILES string of the molecule is Cc1cccc(-c2ncn(/C=C\C(=O)OCc3cnc[nH]3)n2)c1. The molecule has 1 N–H and O–H groups in total. The monoisotopic (exact) mass is 309 g/mol. The molecule has 0 spiro atoms. The van der Waals surface area contributed by atoms with Crippen molar-refractivity contribution in [3.63, 3.8) is 0 Å². The molecule has 7 heteroatoms. The van der Waals surface area contributed by atoms with Gasteiger partial charge in [-0.15, -0.1) is 5.10 Å². The zero-order valence-electron chi connectivity index (χ0n) is 12.5. The van der Waals surface area contributed by atoms with E-state index in [9.17, 15) is 4.79 Å². The summed E-state index contributed by atoms with van der Waals surface area (Å²) >= 11 is 0. The lowest BCUT2D eigenvalue weighted by molar-refractivity contribution is -0.139. The Morgan fingerprint density at radius 1 is 1.43 bits per heavy atom. The molecule has 2 heterocycles. The molecule has 23 heavy (non-hydrogen) atoms. The van der Waals surface area contributed by atoms with E-state index in [1.807, 2.05) is 31.2 Å². The number of benzene rings is 1. The second-order valence-corrected chi connectivity index (χ2v) is 4.92. The van der Waals surface area contributed by atoms with Crippen molar-refractivity contribution in [2.24, 2.45) is 0 Å². The molecule has 0 aliphatic carbocycles. The van der Waals surface area contributed by atoms with Crippen LogP contribution in [-0.4, -0.2) is 30.7 Å². The zero-order chi connectivity index (χ0) is 16.1. The van der Waals surface area contributed by atoms with Crippen LogP contribution in [0.1, 0.15) is 11.3 Å². The number of aromatic amines is 1. The van der Waals surface area contributed by atoms with Crippen molar-refractivity contribution in [3.05, 3.63) is 60.5 Å². The highest BCUT2D eigenvalue weighted by atomic mass is 16.5. The summed E-state index contributed by atoms with van der Waals surface area (Å²) in [5, 5.41) is 4.30. The number of aryl methyl sites for hydroxylation is 1. The van der Waals surface area contributed by atoms with Crippen LogP contribution < -0.4 is 0 Å². The fourth-order valence-electron chi connectivity index (χ4n) is 1.96. The van der Waals surface area contributed by atoms with Crippen LogP contribution in [0.2, 0.25) is 0 Å². The van der Waals surface area contributed by atoms with Gasteiger partial charge in [-0.1, -0.05) is 23.8 Å². The van der Waals surface area contributed by atoms with Gasteiger partial charge in [0.05, 0.1) is 18.2 Å². The average molecular weight is 309 g/mol. The number of carbonyl (C=O) groups is 1. The third kappa shape index (κ3) is 3.91. The molecule has 0 atom stereocenters. The lowest BCUT2D eigenvalue weighted by Crippen LogP contribution is -2.01. The number of carbonyl (C=O) groups excluding carboxylic acids is 1. The van der Waals surface area contributed by atoms with Crippen LogP contribution in [0.4, 0.5) is 0 Å². The Balaban J connectivity index is 1.61. The molecule has 2 aromatic heterocycles. The maximum atomic E-state index is 11.6. The molecular weight excluding hydrogens is 294 g/mol. The Morgan fingerprint density at radius 2 is 2.35 bits per heavy atom. The van der Waals surface area contributed by atoms with Gasteiger partial charge in [-0.25, -0.2) is 19.4 Å². The third-order valence-electron chi connectivity index (χ3n) is 3.07. The highest BCUT2D eigenvalue weighted by Crippen LogP contribution is 2.15. The first-order valence-electron chi connectivity index (χ1n) is 7.01. The molecule has 0 radical (unpaired) electrons. The highest BCUT2D eigenvalue weighted by Gasteiger charge is 2.04. The fraction of sp³-hybridized carbons (Fsp3) is 0.125. The molecule has 0 bridgehead atoms. The van der Waals surface area contributed by atoms with Crippen molar-refractivity contribution in [2.75, 3.05) is 0 Å². The van der Waals surface area contributed by atoms with Gasteiger partial charge in [0.15, 0.2) is 5.82 Å². The Kier molecular flexibility index (Phi) is 4.28. The summed E-state index contributed by atoms with van der Waals surface area (Å²) in [5.41, 5.74) is 2.80. The molecule has 7 nitrogen and oxygen atoms in total. The van der Waals surface area contributed by atoms with Crippen LogP contribution in [0.15, 0.2) is 49.2 Å². The maximum Gasteiger partial charge on any atom is 0.332 e. The molecule has 0 aliphatic heterocycles. The van der Waals surface area contributed by atoms with E-state index in [0.29, 0.717) is 5.82 Å². The molecule has 0 unspecified atom stereocenters. The number of ether oxygens (including phenoxy) is 1. The Morgan fingerprint density at radius 3 is 3.13 bits per heavy atom. The highest BCUT2D eigenvalue weighted by molar-refractivity contribution is 5.84. The summed E-state index contributed by atoms with van der Waals surface area (Å²) < 4.78 is 6.52. The lowest BCUT2D eigenvalue weighted by Gasteiger charge is -1.98. The molecule has 3 rings (SSSR count). The van der Waals surface area contributed by atoms with E-state index in [2.05, 4.69) is 20.1 Å². The van der Waals surface area contributed by atoms with Crippen molar-refractivity contribution < 1.29 is 9.53 Å². The first-order valence-corrected chi connectivity index (χ1v) is 7.01. The first kappa shape index (κ1) is 14.7. The summed E-state index contributed by atoms with van der Waals surface area (Å²) in [6, 6.07) is 7.90. The smallest absolute Gasteiger partial charge is 0.332 e. The van der Waals surface area contributed by atoms with Crippen molar-refractivity contribution in [1.82, 2.24) is 24.7 Å². The molecule has 0 amide bonds. The van der Waals surface area contributed by atoms with E-state index >= 15 is 0 Å². The van der Waals surface area contributed by atoms with Gasteiger partial charge in [0.2, 0.25) is 0 Å². The Bertz CT molecular complexity index is 821. The summed E-state index contributed by atoms with van der Waals surface area (Å²) in [7, 11) is 0. The fourth-order valence-corrected chi connectivity index (χ4v) is 1.96. The summed E-state index contributed by atoms with van der Waals surface area (Å²) in [6.07, 6.45) is 7.47. The van der Waals surface area contributed by atoms with Crippen LogP contribution in [0.3, 0.4) is 0 Å². The number of hydrogen-bond donors (Lipinski definition) is 1. The number of H-pyrrole nitrogens is 1. The van der Waals surface area contributed by atoms with Gasteiger partial charge in [-0.05, 0) is 13.0 Å². The van der Waals surface area contributed by atoms with Gasteiger partial charge < -0.3 is 9.72 Å². The second kappa shape index (κ2) is 6.69. The summed E-state index contributed by atoms with van der Waals surface area (Å²) in [5.74, 6) is 0.136. The van der Waals surface area contributed by atoms with Gasteiger partial charge >= 0.3 is 5.97 Å². The topological polar surface area (TPSA) is 85.7 Å². The summed E-state index contributed by atoms with van der Waals surface area (Å²) in [6.45, 7) is 2.16. The number of nitrogens with one attached hydrogen (secondary N) is 1. The van der Waals surface area contributed by atoms with Gasteiger partial charge in [0.25, 0.3) is 0 Å². The normalized spacial score (nSPS) is 11.0. The number of aromatic nitrogens is 5. The van der Waals surface area contributed by atoms with Crippen molar-refractivity contribution in [1.29, 1.82) is 0 Å². The average Bonchev–Trinajstić information content (AvgIpc) is 3.22. The largest absolute Gasteiger partial charge is 0.456 e. The third-order valence-corrected chi connectivity index (χ3v) is 3.07. The van der Waals surface area contributed by atoms with Crippen molar-refractivity contribution in [3.8, 4) is 11.4 Å². The predicted octanol–water partition coefficient (Wildman–Crippen LogP) is 2.19. The first-order chi connectivity index (χ1) is 11.2. The van der Waals surface area contributed by atoms with Crippen LogP contribution in [0, 0.1) is 6.92 Å². The number of nitrogens with zero attached hydrogens (tertiary/aromatic N) is 4. The molecule has 1 aromatic carbocycles. The minimum absolute atomic E-state index is 0.148. The zero-order valence-corrected chi connectivity index (χ0v) is 12.5. The Hall–Kier alpha value is -3.22. The number of esters is 1. The molecule has 116 valence electrons.